The standard InChI is InChI=1S/C15H19N5O/c21-15(13-4-2-1-3-5-13)18-9-12-6-7-14(17-8-12)20-11-16-10-19-20/h6-8,10-11,13H,1-5,9H2,(H,18,21). The maximum atomic E-state index is 12.1. The minimum atomic E-state index is 0.176. The third-order valence-electron chi connectivity index (χ3n) is 3.91. The molecular formula is C15H19N5O. The van der Waals surface area contributed by atoms with Crippen molar-refractivity contribution in [1.82, 2.24) is 25.1 Å². The molecule has 0 aliphatic heterocycles. The first kappa shape index (κ1) is 13.7. The lowest BCUT2D eigenvalue weighted by molar-refractivity contribution is -0.126. The molecule has 3 rings (SSSR count). The fourth-order valence-electron chi connectivity index (χ4n) is 2.68. The van der Waals surface area contributed by atoms with Gasteiger partial charge in [-0.2, -0.15) is 5.10 Å². The summed E-state index contributed by atoms with van der Waals surface area (Å²) in [4.78, 5) is 20.3. The average Bonchev–Trinajstić information content (AvgIpc) is 3.08. The second kappa shape index (κ2) is 6.47. The van der Waals surface area contributed by atoms with Crippen molar-refractivity contribution < 1.29 is 4.79 Å². The summed E-state index contributed by atoms with van der Waals surface area (Å²) in [6.07, 6.45) is 10.5. The van der Waals surface area contributed by atoms with Crippen molar-refractivity contribution in [3.63, 3.8) is 0 Å². The van der Waals surface area contributed by atoms with Gasteiger partial charge in [-0.3, -0.25) is 4.79 Å². The Balaban J connectivity index is 1.54. The van der Waals surface area contributed by atoms with Crippen LogP contribution in [0.15, 0.2) is 31.0 Å². The lowest BCUT2D eigenvalue weighted by Crippen LogP contribution is -2.31. The molecule has 1 fully saturated rings. The molecule has 110 valence electrons. The Morgan fingerprint density at radius 2 is 2.14 bits per heavy atom. The van der Waals surface area contributed by atoms with Crippen molar-refractivity contribution in [2.75, 3.05) is 0 Å². The number of carbonyl (C=O) groups excluding carboxylic acids is 1. The van der Waals surface area contributed by atoms with Gasteiger partial charge >= 0.3 is 0 Å². The summed E-state index contributed by atoms with van der Waals surface area (Å²) >= 11 is 0. The first-order valence-electron chi connectivity index (χ1n) is 7.40. The van der Waals surface area contributed by atoms with Crippen molar-refractivity contribution in [2.24, 2.45) is 5.92 Å². The highest BCUT2D eigenvalue weighted by Gasteiger charge is 2.20. The Bertz CT molecular complexity index is 573. The molecule has 1 N–H and O–H groups in total. The van der Waals surface area contributed by atoms with Crippen LogP contribution in [0.3, 0.4) is 0 Å². The molecule has 0 unspecified atom stereocenters. The zero-order valence-corrected chi connectivity index (χ0v) is 11.9. The van der Waals surface area contributed by atoms with Gasteiger partial charge in [0.2, 0.25) is 5.91 Å². The monoisotopic (exact) mass is 285 g/mol. The molecule has 6 nitrogen and oxygen atoms in total. The van der Waals surface area contributed by atoms with Gasteiger partial charge in [-0.25, -0.2) is 14.6 Å². The normalized spacial score (nSPS) is 15.8. The molecule has 0 spiro atoms. The predicted molar refractivity (Wildman–Crippen MR) is 77.6 cm³/mol. The Morgan fingerprint density at radius 1 is 1.29 bits per heavy atom. The predicted octanol–water partition coefficient (Wildman–Crippen LogP) is 1.86. The summed E-state index contributed by atoms with van der Waals surface area (Å²) in [6.45, 7) is 0.528. The highest BCUT2D eigenvalue weighted by Crippen LogP contribution is 2.23. The van der Waals surface area contributed by atoms with Crippen LogP contribution in [-0.2, 0) is 11.3 Å². The molecule has 0 aromatic carbocycles. The first-order valence-corrected chi connectivity index (χ1v) is 7.40. The van der Waals surface area contributed by atoms with Crippen LogP contribution in [0.2, 0.25) is 0 Å². The molecule has 0 atom stereocenters. The molecule has 1 saturated carbocycles. The van der Waals surface area contributed by atoms with Gasteiger partial charge < -0.3 is 5.32 Å². The number of nitrogens with zero attached hydrogens (tertiary/aromatic N) is 4. The van der Waals surface area contributed by atoms with E-state index < -0.39 is 0 Å². The van der Waals surface area contributed by atoms with Gasteiger partial charge in [-0.15, -0.1) is 0 Å². The number of hydrogen-bond acceptors (Lipinski definition) is 4. The van der Waals surface area contributed by atoms with E-state index in [0.717, 1.165) is 24.2 Å². The third kappa shape index (κ3) is 3.45. The van der Waals surface area contributed by atoms with Gasteiger partial charge in [0, 0.05) is 18.7 Å². The Morgan fingerprint density at radius 3 is 2.81 bits per heavy atom. The highest BCUT2D eigenvalue weighted by molar-refractivity contribution is 5.78. The van der Waals surface area contributed by atoms with E-state index in [0.29, 0.717) is 6.54 Å². The van der Waals surface area contributed by atoms with Crippen LogP contribution in [0, 0.1) is 5.92 Å². The van der Waals surface area contributed by atoms with Crippen LogP contribution in [0.5, 0.6) is 0 Å². The third-order valence-corrected chi connectivity index (χ3v) is 3.91. The highest BCUT2D eigenvalue weighted by atomic mass is 16.1. The molecular weight excluding hydrogens is 266 g/mol. The second-order valence-electron chi connectivity index (χ2n) is 5.42. The fraction of sp³-hybridized carbons (Fsp3) is 0.467. The van der Waals surface area contributed by atoms with Crippen LogP contribution < -0.4 is 5.32 Å². The van der Waals surface area contributed by atoms with Crippen molar-refractivity contribution in [2.45, 2.75) is 38.6 Å². The van der Waals surface area contributed by atoms with E-state index in [2.05, 4.69) is 20.4 Å². The molecule has 0 saturated heterocycles. The van der Waals surface area contributed by atoms with E-state index in [9.17, 15) is 4.79 Å². The largest absolute Gasteiger partial charge is 0.352 e. The van der Waals surface area contributed by atoms with Gasteiger partial charge in [0.25, 0.3) is 0 Å². The van der Waals surface area contributed by atoms with E-state index in [1.54, 1.807) is 17.2 Å². The fourth-order valence-corrected chi connectivity index (χ4v) is 2.68. The molecule has 1 aliphatic rings. The van der Waals surface area contributed by atoms with Crippen LogP contribution in [0.25, 0.3) is 5.82 Å². The van der Waals surface area contributed by atoms with E-state index in [1.165, 1.54) is 25.6 Å². The molecule has 21 heavy (non-hydrogen) atoms. The summed E-state index contributed by atoms with van der Waals surface area (Å²) in [6, 6.07) is 3.82. The molecule has 2 aromatic heterocycles. The number of hydrogen-bond donors (Lipinski definition) is 1. The van der Waals surface area contributed by atoms with Gasteiger partial charge in [-0.05, 0) is 24.5 Å². The smallest absolute Gasteiger partial charge is 0.223 e. The summed E-state index contributed by atoms with van der Waals surface area (Å²) in [7, 11) is 0. The van der Waals surface area contributed by atoms with E-state index in [4.69, 9.17) is 0 Å². The molecule has 2 heterocycles. The average molecular weight is 285 g/mol. The molecule has 1 amide bonds. The van der Waals surface area contributed by atoms with Gasteiger partial charge in [0.1, 0.15) is 12.7 Å². The Hall–Kier alpha value is -2.24. The van der Waals surface area contributed by atoms with E-state index >= 15 is 0 Å². The molecule has 6 heteroatoms. The summed E-state index contributed by atoms with van der Waals surface area (Å²) in [5.41, 5.74) is 0.989. The maximum Gasteiger partial charge on any atom is 0.223 e. The topological polar surface area (TPSA) is 72.7 Å². The lowest BCUT2D eigenvalue weighted by Gasteiger charge is -2.20. The number of amides is 1. The molecule has 0 radical (unpaired) electrons. The molecule has 1 aliphatic carbocycles. The number of rotatable bonds is 4. The summed E-state index contributed by atoms with van der Waals surface area (Å²) in [5.74, 6) is 1.09. The SMILES string of the molecule is O=C(NCc1ccc(-n2cncn2)nc1)C1CCCCC1. The molecule has 0 bridgehead atoms. The Kier molecular flexibility index (Phi) is 4.23. The maximum absolute atomic E-state index is 12.1. The Labute approximate surface area is 123 Å². The van der Waals surface area contributed by atoms with E-state index in [-0.39, 0.29) is 11.8 Å². The van der Waals surface area contributed by atoms with Crippen LogP contribution in [0.1, 0.15) is 37.7 Å². The van der Waals surface area contributed by atoms with Crippen molar-refractivity contribution >= 4 is 5.91 Å². The van der Waals surface area contributed by atoms with Crippen molar-refractivity contribution in [3.05, 3.63) is 36.5 Å². The van der Waals surface area contributed by atoms with Gasteiger partial charge in [0.15, 0.2) is 5.82 Å². The zero-order chi connectivity index (χ0) is 14.5. The lowest BCUT2D eigenvalue weighted by atomic mass is 9.88. The van der Waals surface area contributed by atoms with Crippen LogP contribution >= 0.6 is 0 Å². The van der Waals surface area contributed by atoms with Crippen LogP contribution in [-0.4, -0.2) is 25.7 Å². The summed E-state index contributed by atoms with van der Waals surface area (Å²) in [5, 5.41) is 7.03. The second-order valence-corrected chi connectivity index (χ2v) is 5.42. The van der Waals surface area contributed by atoms with Gasteiger partial charge in [0.05, 0.1) is 0 Å². The van der Waals surface area contributed by atoms with Crippen LogP contribution in [0.4, 0.5) is 0 Å². The number of aromatic nitrogens is 4. The zero-order valence-electron chi connectivity index (χ0n) is 11.9. The van der Waals surface area contributed by atoms with Crippen molar-refractivity contribution in [1.29, 1.82) is 0 Å². The van der Waals surface area contributed by atoms with E-state index in [1.807, 2.05) is 12.1 Å². The summed E-state index contributed by atoms with van der Waals surface area (Å²) < 4.78 is 1.60. The first-order chi connectivity index (χ1) is 10.3. The number of nitrogens with one attached hydrogen (secondary N) is 1. The molecule has 2 aromatic rings. The van der Waals surface area contributed by atoms with Crippen molar-refractivity contribution in [3.8, 4) is 5.82 Å². The minimum Gasteiger partial charge on any atom is -0.352 e. The minimum absolute atomic E-state index is 0.176. The number of pyridine rings is 1. The number of carbonyl (C=O) groups is 1. The van der Waals surface area contributed by atoms with Gasteiger partial charge in [-0.1, -0.05) is 25.3 Å². The quantitative estimate of drug-likeness (QED) is 0.930.